The number of nitrogens with one attached hydrogen (secondary N) is 1. The second-order valence-electron chi connectivity index (χ2n) is 5.44. The third-order valence-electron chi connectivity index (χ3n) is 3.28. The number of aliphatic carboxylic acids is 1. The molecule has 7 heteroatoms. The van der Waals surface area contributed by atoms with E-state index >= 15 is 0 Å². The molecule has 0 fully saturated rings. The first-order valence-corrected chi connectivity index (χ1v) is 7.78. The Morgan fingerprint density at radius 2 is 2.14 bits per heavy atom. The highest BCUT2D eigenvalue weighted by atomic mass is 32.1. The topological polar surface area (TPSA) is 82.5 Å². The van der Waals surface area contributed by atoms with Gasteiger partial charge >= 0.3 is 5.97 Å². The molecule has 1 amide bonds. The molecule has 0 aromatic carbocycles. The van der Waals surface area contributed by atoms with E-state index < -0.39 is 11.5 Å². The summed E-state index contributed by atoms with van der Waals surface area (Å²) in [6, 6.07) is 0. The SMILES string of the molecule is CCCC(C)(NCc1csc(CC(=O)N(C)C)n1)C(=O)O. The van der Waals surface area contributed by atoms with Crippen molar-refractivity contribution in [1.29, 1.82) is 0 Å². The number of hydrogen-bond acceptors (Lipinski definition) is 5. The van der Waals surface area contributed by atoms with Gasteiger partial charge in [-0.25, -0.2) is 4.98 Å². The van der Waals surface area contributed by atoms with Crippen LogP contribution in [0.1, 0.15) is 37.4 Å². The van der Waals surface area contributed by atoms with Gasteiger partial charge in [0.15, 0.2) is 0 Å². The van der Waals surface area contributed by atoms with E-state index in [9.17, 15) is 14.7 Å². The Bertz CT molecular complexity index is 501. The van der Waals surface area contributed by atoms with Crippen molar-refractivity contribution in [3.63, 3.8) is 0 Å². The van der Waals surface area contributed by atoms with E-state index in [2.05, 4.69) is 10.3 Å². The van der Waals surface area contributed by atoms with E-state index in [-0.39, 0.29) is 12.3 Å². The number of nitrogens with zero attached hydrogens (tertiary/aromatic N) is 2. The average molecular weight is 313 g/mol. The van der Waals surface area contributed by atoms with Crippen LogP contribution >= 0.6 is 11.3 Å². The predicted octanol–water partition coefficient (Wildman–Crippen LogP) is 1.51. The van der Waals surface area contributed by atoms with Gasteiger partial charge in [-0.1, -0.05) is 13.3 Å². The number of carbonyl (C=O) groups excluding carboxylic acids is 1. The number of carboxylic acids is 1. The number of hydrogen-bond donors (Lipinski definition) is 2. The third kappa shape index (κ3) is 5.09. The zero-order chi connectivity index (χ0) is 16.0. The van der Waals surface area contributed by atoms with Crippen molar-refractivity contribution in [3.05, 3.63) is 16.1 Å². The summed E-state index contributed by atoms with van der Waals surface area (Å²) in [4.78, 5) is 28.8. The molecule has 1 heterocycles. The van der Waals surface area contributed by atoms with Crippen molar-refractivity contribution in [2.75, 3.05) is 14.1 Å². The molecule has 118 valence electrons. The zero-order valence-corrected chi connectivity index (χ0v) is 13.8. The first-order chi connectivity index (χ1) is 9.78. The standard InChI is InChI=1S/C14H23N3O3S/c1-5-6-14(2,13(19)20)15-8-10-9-21-11(16-10)7-12(18)17(3)4/h9,15H,5-8H2,1-4H3,(H,19,20). The molecule has 0 saturated carbocycles. The number of likely N-dealkylation sites (N-methyl/N-ethyl adjacent to an activating group) is 1. The molecule has 0 bridgehead atoms. The van der Waals surface area contributed by atoms with E-state index in [0.29, 0.717) is 13.0 Å². The molecule has 0 saturated heterocycles. The molecule has 1 aromatic heterocycles. The van der Waals surface area contributed by atoms with Gasteiger partial charge in [0.2, 0.25) is 5.91 Å². The van der Waals surface area contributed by atoms with E-state index in [4.69, 9.17) is 0 Å². The summed E-state index contributed by atoms with van der Waals surface area (Å²) in [5.41, 5.74) is -0.178. The van der Waals surface area contributed by atoms with Crippen LogP contribution in [0.2, 0.25) is 0 Å². The van der Waals surface area contributed by atoms with Crippen molar-refractivity contribution in [3.8, 4) is 0 Å². The van der Waals surface area contributed by atoms with E-state index in [0.717, 1.165) is 17.1 Å². The molecular weight excluding hydrogens is 290 g/mol. The second kappa shape index (κ2) is 7.51. The number of amides is 1. The lowest BCUT2D eigenvalue weighted by Crippen LogP contribution is -2.49. The van der Waals surface area contributed by atoms with Crippen LogP contribution in [0.3, 0.4) is 0 Å². The molecule has 1 unspecified atom stereocenters. The fourth-order valence-electron chi connectivity index (χ4n) is 1.86. The average Bonchev–Trinajstić information content (AvgIpc) is 2.84. The van der Waals surface area contributed by atoms with Crippen molar-refractivity contribution < 1.29 is 14.7 Å². The molecule has 0 aliphatic heterocycles. The first kappa shape index (κ1) is 17.6. The Kier molecular flexibility index (Phi) is 6.29. The number of rotatable bonds is 8. The summed E-state index contributed by atoms with van der Waals surface area (Å²) in [7, 11) is 3.42. The lowest BCUT2D eigenvalue weighted by atomic mass is 9.96. The van der Waals surface area contributed by atoms with Crippen molar-refractivity contribution in [1.82, 2.24) is 15.2 Å². The predicted molar refractivity (Wildman–Crippen MR) is 82.3 cm³/mol. The molecule has 1 atom stereocenters. The third-order valence-corrected chi connectivity index (χ3v) is 4.18. The Morgan fingerprint density at radius 3 is 2.67 bits per heavy atom. The Balaban J connectivity index is 2.62. The minimum atomic E-state index is -0.946. The molecule has 2 N–H and O–H groups in total. The molecule has 1 aromatic rings. The quantitative estimate of drug-likeness (QED) is 0.760. The molecule has 21 heavy (non-hydrogen) atoms. The molecule has 0 spiro atoms. The minimum absolute atomic E-state index is 0.00483. The summed E-state index contributed by atoms with van der Waals surface area (Å²) in [5, 5.41) is 15.0. The lowest BCUT2D eigenvalue weighted by molar-refractivity contribution is -0.144. The van der Waals surface area contributed by atoms with Crippen LogP contribution in [0.15, 0.2) is 5.38 Å². The van der Waals surface area contributed by atoms with Crippen molar-refractivity contribution in [2.45, 2.75) is 45.2 Å². The van der Waals surface area contributed by atoms with Crippen LogP contribution in [0, 0.1) is 0 Å². The Morgan fingerprint density at radius 1 is 1.48 bits per heavy atom. The maximum absolute atomic E-state index is 11.6. The van der Waals surface area contributed by atoms with Gasteiger partial charge in [-0.2, -0.15) is 0 Å². The van der Waals surface area contributed by atoms with Gasteiger partial charge in [-0.3, -0.25) is 14.9 Å². The van der Waals surface area contributed by atoms with Gasteiger partial charge in [0.1, 0.15) is 10.5 Å². The molecule has 0 aliphatic carbocycles. The van der Waals surface area contributed by atoms with Crippen molar-refractivity contribution in [2.24, 2.45) is 0 Å². The summed E-state index contributed by atoms with van der Waals surface area (Å²) in [5.74, 6) is -0.854. The largest absolute Gasteiger partial charge is 0.480 e. The zero-order valence-electron chi connectivity index (χ0n) is 13.0. The van der Waals surface area contributed by atoms with E-state index in [1.54, 1.807) is 21.0 Å². The second-order valence-corrected chi connectivity index (χ2v) is 6.38. The van der Waals surface area contributed by atoms with Gasteiger partial charge in [-0.05, 0) is 13.3 Å². The first-order valence-electron chi connectivity index (χ1n) is 6.90. The molecule has 0 radical (unpaired) electrons. The Labute approximate surface area is 129 Å². The van der Waals surface area contributed by atoms with Crippen LogP contribution in [-0.2, 0) is 22.6 Å². The lowest BCUT2D eigenvalue weighted by Gasteiger charge is -2.25. The number of carboxylic acid groups (broad SMARTS) is 1. The van der Waals surface area contributed by atoms with Crippen LogP contribution in [0.25, 0.3) is 0 Å². The normalized spacial score (nSPS) is 13.7. The summed E-state index contributed by atoms with van der Waals surface area (Å²) in [6.45, 7) is 4.02. The smallest absolute Gasteiger partial charge is 0.323 e. The molecular formula is C14H23N3O3S. The maximum Gasteiger partial charge on any atom is 0.323 e. The van der Waals surface area contributed by atoms with Crippen LogP contribution in [-0.4, -0.2) is 46.5 Å². The highest BCUT2D eigenvalue weighted by molar-refractivity contribution is 7.09. The Hall–Kier alpha value is -1.47. The summed E-state index contributed by atoms with van der Waals surface area (Å²) >= 11 is 1.42. The van der Waals surface area contributed by atoms with Gasteiger partial charge < -0.3 is 10.0 Å². The number of thiazole rings is 1. The van der Waals surface area contributed by atoms with Gasteiger partial charge in [0, 0.05) is 26.0 Å². The highest BCUT2D eigenvalue weighted by Crippen LogP contribution is 2.16. The fourth-order valence-corrected chi connectivity index (χ4v) is 2.64. The van der Waals surface area contributed by atoms with Gasteiger partial charge in [0.25, 0.3) is 0 Å². The number of carbonyl (C=O) groups is 2. The summed E-state index contributed by atoms with van der Waals surface area (Å²) in [6.07, 6.45) is 1.62. The fraction of sp³-hybridized carbons (Fsp3) is 0.643. The molecule has 6 nitrogen and oxygen atoms in total. The highest BCUT2D eigenvalue weighted by Gasteiger charge is 2.31. The van der Waals surface area contributed by atoms with E-state index in [1.165, 1.54) is 16.2 Å². The van der Waals surface area contributed by atoms with Gasteiger partial charge in [0.05, 0.1) is 12.1 Å². The van der Waals surface area contributed by atoms with Gasteiger partial charge in [-0.15, -0.1) is 11.3 Å². The minimum Gasteiger partial charge on any atom is -0.480 e. The van der Waals surface area contributed by atoms with Crippen molar-refractivity contribution >= 4 is 23.2 Å². The number of aromatic nitrogens is 1. The molecule has 1 rings (SSSR count). The van der Waals surface area contributed by atoms with Crippen LogP contribution in [0.4, 0.5) is 0 Å². The van der Waals surface area contributed by atoms with Crippen LogP contribution < -0.4 is 5.32 Å². The van der Waals surface area contributed by atoms with Crippen LogP contribution in [0.5, 0.6) is 0 Å². The molecule has 0 aliphatic rings. The van der Waals surface area contributed by atoms with E-state index in [1.807, 2.05) is 12.3 Å². The monoisotopic (exact) mass is 313 g/mol. The summed E-state index contributed by atoms with van der Waals surface area (Å²) < 4.78 is 0. The maximum atomic E-state index is 11.6.